The minimum atomic E-state index is -1.13. The zero-order chi connectivity index (χ0) is 35.0. The van der Waals surface area contributed by atoms with E-state index in [1.165, 1.54) is 44.9 Å². The van der Waals surface area contributed by atoms with Gasteiger partial charge in [-0.3, -0.25) is 9.59 Å². The molecule has 0 amide bonds. The summed E-state index contributed by atoms with van der Waals surface area (Å²) in [6, 6.07) is -0.728. The maximum absolute atomic E-state index is 12.6. The summed E-state index contributed by atoms with van der Waals surface area (Å²) in [5, 5.41) is 11.6. The van der Waals surface area contributed by atoms with Crippen LogP contribution < -0.4 is 5.11 Å². The van der Waals surface area contributed by atoms with Crippen LogP contribution in [-0.2, 0) is 28.6 Å². The maximum atomic E-state index is 12.6. The van der Waals surface area contributed by atoms with Gasteiger partial charge < -0.3 is 28.6 Å². The molecule has 0 aliphatic heterocycles. The third kappa shape index (κ3) is 29.4. The first-order chi connectivity index (χ1) is 22.6. The zero-order valence-corrected chi connectivity index (χ0v) is 30.7. The van der Waals surface area contributed by atoms with Gasteiger partial charge >= 0.3 is 11.9 Å². The van der Waals surface area contributed by atoms with Gasteiger partial charge in [-0.1, -0.05) is 115 Å². The summed E-state index contributed by atoms with van der Waals surface area (Å²) in [5.41, 5.74) is 0. The standard InChI is InChI=1S/C39H69NO7/c1-6-8-10-12-14-16-18-19-20-22-24-26-28-30-38(42)47-35(33-45-32-31-36(39(43)44)40(3,4)5)34-46-37(41)29-27-25-23-21-17-15-13-11-9-7-2/h8,10,14,16,19-20,35-36H,6-7,9,11-13,15,17-18,21-34H2,1-5H3/b10-8-,16-14-,20-19-. The highest BCUT2D eigenvalue weighted by molar-refractivity contribution is 5.70. The van der Waals surface area contributed by atoms with E-state index in [1.54, 1.807) is 21.1 Å². The number of nitrogens with zero attached hydrogens (tertiary/aromatic N) is 1. The molecule has 0 saturated heterocycles. The number of carbonyl (C=O) groups excluding carboxylic acids is 3. The molecule has 0 aromatic carbocycles. The molecule has 0 saturated carbocycles. The van der Waals surface area contributed by atoms with Crippen molar-refractivity contribution in [3.05, 3.63) is 36.5 Å². The van der Waals surface area contributed by atoms with Crippen LogP contribution in [0.15, 0.2) is 36.5 Å². The maximum Gasteiger partial charge on any atom is 0.306 e. The number of likely N-dealkylation sites (N-methyl/N-ethyl adjacent to an activating group) is 1. The van der Waals surface area contributed by atoms with Crippen molar-refractivity contribution in [2.24, 2.45) is 0 Å². The van der Waals surface area contributed by atoms with E-state index >= 15 is 0 Å². The summed E-state index contributed by atoms with van der Waals surface area (Å²) >= 11 is 0. The molecule has 0 spiro atoms. The van der Waals surface area contributed by atoms with Crippen LogP contribution in [0.1, 0.15) is 142 Å². The number of esters is 2. The van der Waals surface area contributed by atoms with E-state index in [0.717, 1.165) is 64.2 Å². The van der Waals surface area contributed by atoms with Crippen LogP contribution in [0.3, 0.4) is 0 Å². The Hall–Kier alpha value is -2.45. The number of hydrogen-bond donors (Lipinski definition) is 0. The highest BCUT2D eigenvalue weighted by Gasteiger charge is 2.25. The SMILES string of the molecule is CC/C=C\C/C=C\C/C=C\CCCCCC(=O)OC(COCCC(C(=O)[O-])[N+](C)(C)C)COC(=O)CCCCCCCCCCCC. The van der Waals surface area contributed by atoms with Gasteiger partial charge in [0.25, 0.3) is 0 Å². The van der Waals surface area contributed by atoms with Crippen LogP contribution in [0.2, 0.25) is 0 Å². The lowest BCUT2D eigenvalue weighted by molar-refractivity contribution is -0.889. The quantitative estimate of drug-likeness (QED) is 0.0313. The van der Waals surface area contributed by atoms with Gasteiger partial charge in [0.05, 0.1) is 40.3 Å². The summed E-state index contributed by atoms with van der Waals surface area (Å²) in [6.07, 6.45) is 31.7. The van der Waals surface area contributed by atoms with Gasteiger partial charge in [0.2, 0.25) is 0 Å². The number of ether oxygens (including phenoxy) is 3. The third-order valence-electron chi connectivity index (χ3n) is 8.04. The van der Waals surface area contributed by atoms with E-state index < -0.39 is 18.1 Å². The normalized spacial score (nSPS) is 13.5. The average Bonchev–Trinajstić information content (AvgIpc) is 3.01. The fourth-order valence-electron chi connectivity index (χ4n) is 5.14. The molecule has 2 atom stereocenters. The Labute approximate surface area is 287 Å². The molecule has 2 unspecified atom stereocenters. The molecule has 0 aromatic heterocycles. The number of carboxylic acids is 1. The second-order valence-corrected chi connectivity index (χ2v) is 13.4. The van der Waals surface area contributed by atoms with Gasteiger partial charge in [-0.15, -0.1) is 0 Å². The molecule has 0 fully saturated rings. The molecule has 0 aliphatic carbocycles. The fraction of sp³-hybridized carbons (Fsp3) is 0.769. The Morgan fingerprint density at radius 3 is 1.77 bits per heavy atom. The van der Waals surface area contributed by atoms with E-state index in [0.29, 0.717) is 6.42 Å². The molecule has 0 heterocycles. The van der Waals surface area contributed by atoms with Crippen molar-refractivity contribution in [1.29, 1.82) is 0 Å². The second-order valence-electron chi connectivity index (χ2n) is 13.4. The van der Waals surface area contributed by atoms with Gasteiger partial charge in [0, 0.05) is 19.3 Å². The van der Waals surface area contributed by atoms with Gasteiger partial charge in [-0.25, -0.2) is 0 Å². The molecular weight excluding hydrogens is 594 g/mol. The largest absolute Gasteiger partial charge is 0.544 e. The fourth-order valence-corrected chi connectivity index (χ4v) is 5.14. The van der Waals surface area contributed by atoms with Gasteiger partial charge in [-0.05, 0) is 44.9 Å². The number of allylic oxidation sites excluding steroid dienone is 6. The molecule has 0 aliphatic rings. The van der Waals surface area contributed by atoms with Crippen LogP contribution in [0.4, 0.5) is 0 Å². The number of hydrogen-bond acceptors (Lipinski definition) is 7. The summed E-state index contributed by atoms with van der Waals surface area (Å²) < 4.78 is 17.0. The summed E-state index contributed by atoms with van der Waals surface area (Å²) in [7, 11) is 5.38. The molecule has 0 radical (unpaired) electrons. The Balaban J connectivity index is 4.50. The number of rotatable bonds is 32. The number of quaternary nitrogens is 1. The van der Waals surface area contributed by atoms with E-state index in [9.17, 15) is 19.5 Å². The first-order valence-electron chi connectivity index (χ1n) is 18.5. The Morgan fingerprint density at radius 2 is 1.19 bits per heavy atom. The Morgan fingerprint density at radius 1 is 0.660 bits per heavy atom. The summed E-state index contributed by atoms with van der Waals surface area (Å²) in [5.74, 6) is -1.78. The Bertz CT molecular complexity index is 875. The molecular formula is C39H69NO7. The Kier molecular flexibility index (Phi) is 29.2. The zero-order valence-electron chi connectivity index (χ0n) is 30.7. The number of carboxylic acid groups (broad SMARTS) is 1. The molecule has 0 rings (SSSR count). The molecule has 47 heavy (non-hydrogen) atoms. The predicted octanol–water partition coefficient (Wildman–Crippen LogP) is 7.79. The lowest BCUT2D eigenvalue weighted by Crippen LogP contribution is -2.55. The van der Waals surface area contributed by atoms with E-state index in [4.69, 9.17) is 14.2 Å². The van der Waals surface area contributed by atoms with Crippen LogP contribution in [0.5, 0.6) is 0 Å². The predicted molar refractivity (Wildman–Crippen MR) is 190 cm³/mol. The smallest absolute Gasteiger partial charge is 0.306 e. The summed E-state index contributed by atoms with van der Waals surface area (Å²) in [6.45, 7) is 4.48. The van der Waals surface area contributed by atoms with Crippen molar-refractivity contribution in [2.75, 3.05) is 41.0 Å². The number of carbonyl (C=O) groups is 3. The van der Waals surface area contributed by atoms with Crippen molar-refractivity contribution in [3.8, 4) is 0 Å². The minimum Gasteiger partial charge on any atom is -0.544 e. The van der Waals surface area contributed by atoms with Crippen LogP contribution >= 0.6 is 0 Å². The highest BCUT2D eigenvalue weighted by Crippen LogP contribution is 2.13. The van der Waals surface area contributed by atoms with Crippen LogP contribution in [-0.4, -0.2) is 75.5 Å². The van der Waals surface area contributed by atoms with E-state index in [-0.39, 0.29) is 49.1 Å². The first kappa shape index (κ1) is 44.5. The van der Waals surface area contributed by atoms with Crippen molar-refractivity contribution < 1.29 is 38.2 Å². The summed E-state index contributed by atoms with van der Waals surface area (Å²) in [4.78, 5) is 36.5. The molecule has 0 aromatic rings. The topological polar surface area (TPSA) is 102 Å². The molecule has 272 valence electrons. The first-order valence-corrected chi connectivity index (χ1v) is 18.5. The van der Waals surface area contributed by atoms with Crippen molar-refractivity contribution in [1.82, 2.24) is 0 Å². The van der Waals surface area contributed by atoms with E-state index in [1.807, 2.05) is 0 Å². The van der Waals surface area contributed by atoms with E-state index in [2.05, 4.69) is 50.3 Å². The molecule has 8 heteroatoms. The number of unbranched alkanes of at least 4 members (excludes halogenated alkanes) is 12. The third-order valence-corrected chi connectivity index (χ3v) is 8.04. The average molecular weight is 664 g/mol. The van der Waals surface area contributed by atoms with Crippen molar-refractivity contribution in [3.63, 3.8) is 0 Å². The molecule has 8 nitrogen and oxygen atoms in total. The van der Waals surface area contributed by atoms with Gasteiger partial charge in [0.15, 0.2) is 6.10 Å². The highest BCUT2D eigenvalue weighted by atomic mass is 16.6. The van der Waals surface area contributed by atoms with Crippen molar-refractivity contribution in [2.45, 2.75) is 154 Å². The number of aliphatic carboxylic acids is 1. The van der Waals surface area contributed by atoms with Gasteiger partial charge in [-0.2, -0.15) is 0 Å². The van der Waals surface area contributed by atoms with Gasteiger partial charge in [0.1, 0.15) is 12.6 Å². The van der Waals surface area contributed by atoms with Crippen molar-refractivity contribution >= 4 is 17.9 Å². The van der Waals surface area contributed by atoms with Crippen LogP contribution in [0.25, 0.3) is 0 Å². The monoisotopic (exact) mass is 664 g/mol. The minimum absolute atomic E-state index is 0.0301. The lowest BCUT2D eigenvalue weighted by Gasteiger charge is -2.34. The molecule has 0 bridgehead atoms. The van der Waals surface area contributed by atoms with Crippen LogP contribution in [0, 0.1) is 0 Å². The lowest BCUT2D eigenvalue weighted by atomic mass is 10.1. The molecule has 0 N–H and O–H groups in total. The second kappa shape index (κ2) is 30.9.